The van der Waals surface area contributed by atoms with E-state index in [0.717, 1.165) is 22.4 Å². The molecule has 0 heterocycles. The third-order valence-corrected chi connectivity index (χ3v) is 4.25. The number of hydrogen-bond donors (Lipinski definition) is 1. The fraction of sp³-hybridized carbons (Fsp3) is 0.250. The number of aryl methyl sites for hydroxylation is 1. The molecule has 0 aromatic heterocycles. The van der Waals surface area contributed by atoms with E-state index in [2.05, 4.69) is 25.1 Å². The lowest BCUT2D eigenvalue weighted by Gasteiger charge is -2.16. The summed E-state index contributed by atoms with van der Waals surface area (Å²) in [5.41, 5.74) is 3.07. The lowest BCUT2D eigenvalue weighted by molar-refractivity contribution is 0.217. The monoisotopic (exact) mass is 292 g/mol. The Labute approximate surface area is 123 Å². The first-order chi connectivity index (χ1) is 9.15. The van der Waals surface area contributed by atoms with Crippen LogP contribution in [0.2, 0.25) is 5.02 Å². The molecule has 0 unspecified atom stereocenters. The van der Waals surface area contributed by atoms with Crippen molar-refractivity contribution in [3.05, 3.63) is 64.2 Å². The molecule has 0 saturated heterocycles. The number of benzene rings is 2. The molecule has 0 aliphatic rings. The molecule has 2 rings (SSSR count). The van der Waals surface area contributed by atoms with Crippen molar-refractivity contribution in [2.24, 2.45) is 0 Å². The smallest absolute Gasteiger partial charge is 0.105 e. The van der Waals surface area contributed by atoms with Crippen molar-refractivity contribution in [1.29, 1.82) is 0 Å². The molecule has 2 aromatic rings. The minimum absolute atomic E-state index is 0.605. The van der Waals surface area contributed by atoms with Gasteiger partial charge in [0.25, 0.3) is 0 Å². The van der Waals surface area contributed by atoms with E-state index in [4.69, 9.17) is 11.6 Å². The Morgan fingerprint density at radius 2 is 1.84 bits per heavy atom. The molecular weight excluding hydrogens is 276 g/mol. The molecule has 3 heteroatoms. The summed E-state index contributed by atoms with van der Waals surface area (Å²) < 4.78 is 0. The lowest BCUT2D eigenvalue weighted by Crippen LogP contribution is -2.02. The van der Waals surface area contributed by atoms with Crippen LogP contribution in [0.5, 0.6) is 0 Å². The molecule has 0 aliphatic heterocycles. The van der Waals surface area contributed by atoms with Gasteiger partial charge in [0, 0.05) is 9.92 Å². The topological polar surface area (TPSA) is 20.2 Å². The highest BCUT2D eigenvalue weighted by Crippen LogP contribution is 2.31. The van der Waals surface area contributed by atoms with Gasteiger partial charge in [0.1, 0.15) is 6.10 Å². The highest BCUT2D eigenvalue weighted by Gasteiger charge is 2.14. The van der Waals surface area contributed by atoms with Crippen LogP contribution in [0.3, 0.4) is 0 Å². The highest BCUT2D eigenvalue weighted by molar-refractivity contribution is 7.98. The largest absolute Gasteiger partial charge is 0.384 e. The van der Waals surface area contributed by atoms with E-state index in [0.29, 0.717) is 5.02 Å². The Hall–Kier alpha value is -0.960. The third kappa shape index (κ3) is 3.33. The number of aliphatic hydroxyl groups excluding tert-OH is 1. The van der Waals surface area contributed by atoms with Gasteiger partial charge in [-0.05, 0) is 47.6 Å². The Morgan fingerprint density at radius 1 is 1.16 bits per heavy atom. The molecule has 0 amide bonds. The van der Waals surface area contributed by atoms with Gasteiger partial charge in [-0.3, -0.25) is 0 Å². The van der Waals surface area contributed by atoms with E-state index in [1.54, 1.807) is 11.8 Å². The Bertz CT molecular complexity index is 551. The van der Waals surface area contributed by atoms with E-state index in [1.807, 2.05) is 30.5 Å². The molecule has 0 radical (unpaired) electrons. The number of halogens is 1. The van der Waals surface area contributed by atoms with Gasteiger partial charge in [-0.25, -0.2) is 0 Å². The number of hydrogen-bond acceptors (Lipinski definition) is 2. The minimum Gasteiger partial charge on any atom is -0.384 e. The van der Waals surface area contributed by atoms with Crippen LogP contribution in [0, 0.1) is 0 Å². The second-order valence-corrected chi connectivity index (χ2v) is 5.67. The first kappa shape index (κ1) is 14.4. The second kappa shape index (κ2) is 6.47. The maximum absolute atomic E-state index is 10.6. The van der Waals surface area contributed by atoms with Crippen LogP contribution in [0.4, 0.5) is 0 Å². The summed E-state index contributed by atoms with van der Waals surface area (Å²) in [4.78, 5) is 1.11. The molecule has 1 atom stereocenters. The second-order valence-electron chi connectivity index (χ2n) is 4.38. The SMILES string of the molecule is CCc1ccc(SC)c([C@H](O)c2ccc(Cl)cc2)c1. The minimum atomic E-state index is -0.605. The summed E-state index contributed by atoms with van der Waals surface area (Å²) in [6.07, 6.45) is 2.39. The first-order valence-electron chi connectivity index (χ1n) is 6.26. The van der Waals surface area contributed by atoms with Crippen LogP contribution in [0.1, 0.15) is 29.7 Å². The summed E-state index contributed by atoms with van der Waals surface area (Å²) in [6, 6.07) is 13.6. The van der Waals surface area contributed by atoms with Crippen LogP contribution in [0.15, 0.2) is 47.4 Å². The average molecular weight is 293 g/mol. The Kier molecular flexibility index (Phi) is 4.92. The fourth-order valence-electron chi connectivity index (χ4n) is 2.04. The van der Waals surface area contributed by atoms with Crippen LogP contribution in [-0.2, 0) is 6.42 Å². The zero-order chi connectivity index (χ0) is 13.8. The molecule has 0 saturated carbocycles. The van der Waals surface area contributed by atoms with Crippen LogP contribution >= 0.6 is 23.4 Å². The zero-order valence-corrected chi connectivity index (χ0v) is 12.6. The van der Waals surface area contributed by atoms with Gasteiger partial charge in [-0.15, -0.1) is 11.8 Å². The quantitative estimate of drug-likeness (QED) is 0.824. The molecule has 0 fully saturated rings. The van der Waals surface area contributed by atoms with Gasteiger partial charge in [0.15, 0.2) is 0 Å². The zero-order valence-electron chi connectivity index (χ0n) is 11.1. The van der Waals surface area contributed by atoms with Crippen molar-refractivity contribution in [3.63, 3.8) is 0 Å². The number of rotatable bonds is 4. The van der Waals surface area contributed by atoms with Crippen molar-refractivity contribution in [3.8, 4) is 0 Å². The highest BCUT2D eigenvalue weighted by atomic mass is 35.5. The van der Waals surface area contributed by atoms with Gasteiger partial charge in [-0.1, -0.05) is 42.8 Å². The predicted octanol–water partition coefficient (Wildman–Crippen LogP) is 4.71. The van der Waals surface area contributed by atoms with Crippen LogP contribution in [-0.4, -0.2) is 11.4 Å². The van der Waals surface area contributed by atoms with E-state index >= 15 is 0 Å². The summed E-state index contributed by atoms with van der Waals surface area (Å²) >= 11 is 7.54. The summed E-state index contributed by atoms with van der Waals surface area (Å²) in [6.45, 7) is 2.12. The summed E-state index contributed by atoms with van der Waals surface area (Å²) in [7, 11) is 0. The molecule has 1 N–H and O–H groups in total. The van der Waals surface area contributed by atoms with E-state index < -0.39 is 6.10 Å². The van der Waals surface area contributed by atoms with E-state index in [1.165, 1.54) is 5.56 Å². The van der Waals surface area contributed by atoms with Crippen molar-refractivity contribution < 1.29 is 5.11 Å². The maximum Gasteiger partial charge on any atom is 0.105 e. The van der Waals surface area contributed by atoms with Gasteiger partial charge in [-0.2, -0.15) is 0 Å². The van der Waals surface area contributed by atoms with Crippen molar-refractivity contribution >= 4 is 23.4 Å². The van der Waals surface area contributed by atoms with E-state index in [-0.39, 0.29) is 0 Å². The lowest BCUT2D eigenvalue weighted by atomic mass is 9.99. The van der Waals surface area contributed by atoms with Crippen molar-refractivity contribution in [1.82, 2.24) is 0 Å². The van der Waals surface area contributed by atoms with Crippen LogP contribution in [0.25, 0.3) is 0 Å². The maximum atomic E-state index is 10.6. The molecule has 0 aliphatic carbocycles. The van der Waals surface area contributed by atoms with Crippen molar-refractivity contribution in [2.45, 2.75) is 24.3 Å². The van der Waals surface area contributed by atoms with Gasteiger partial charge in [0.2, 0.25) is 0 Å². The Morgan fingerprint density at radius 3 is 2.42 bits per heavy atom. The average Bonchev–Trinajstić information content (AvgIpc) is 2.46. The van der Waals surface area contributed by atoms with E-state index in [9.17, 15) is 5.11 Å². The standard InChI is InChI=1S/C16H17ClOS/c1-3-11-4-9-15(19-2)14(10-11)16(18)12-5-7-13(17)8-6-12/h4-10,16,18H,3H2,1-2H3/t16-/m1/s1. The van der Waals surface area contributed by atoms with Crippen LogP contribution < -0.4 is 0 Å². The molecule has 1 nitrogen and oxygen atoms in total. The summed E-state index contributed by atoms with van der Waals surface area (Å²) in [5.74, 6) is 0. The molecular formula is C16H17ClOS. The fourth-order valence-corrected chi connectivity index (χ4v) is 2.78. The molecule has 2 aromatic carbocycles. The number of aliphatic hydroxyl groups is 1. The van der Waals surface area contributed by atoms with Gasteiger partial charge in [0.05, 0.1) is 0 Å². The van der Waals surface area contributed by atoms with Gasteiger partial charge >= 0.3 is 0 Å². The predicted molar refractivity (Wildman–Crippen MR) is 83.1 cm³/mol. The number of thioether (sulfide) groups is 1. The molecule has 0 spiro atoms. The molecule has 0 bridgehead atoms. The Balaban J connectivity index is 2.41. The third-order valence-electron chi connectivity index (χ3n) is 3.18. The van der Waals surface area contributed by atoms with Crippen molar-refractivity contribution in [2.75, 3.05) is 6.26 Å². The van der Waals surface area contributed by atoms with Gasteiger partial charge < -0.3 is 5.11 Å². The normalized spacial score (nSPS) is 12.4. The molecule has 100 valence electrons. The first-order valence-corrected chi connectivity index (χ1v) is 7.86. The summed E-state index contributed by atoms with van der Waals surface area (Å²) in [5, 5.41) is 11.2. The molecule has 19 heavy (non-hydrogen) atoms.